The molecule has 7 nitrogen and oxygen atoms in total. The lowest BCUT2D eigenvalue weighted by Gasteiger charge is -2.36. The van der Waals surface area contributed by atoms with Crippen molar-refractivity contribution in [3.8, 4) is 0 Å². The van der Waals surface area contributed by atoms with E-state index >= 15 is 0 Å². The van der Waals surface area contributed by atoms with Gasteiger partial charge in [-0.05, 0) is 34.7 Å². The highest BCUT2D eigenvalue weighted by atomic mass is 79.9. The number of fused-ring (bicyclic) bond motifs is 1. The van der Waals surface area contributed by atoms with E-state index in [2.05, 4.69) is 36.0 Å². The third kappa shape index (κ3) is 2.36. The Kier molecular flexibility index (Phi) is 3.26. The number of hydrogen-bond acceptors (Lipinski definition) is 5. The van der Waals surface area contributed by atoms with Crippen LogP contribution in [-0.2, 0) is 0 Å². The van der Waals surface area contributed by atoms with E-state index in [1.54, 1.807) is 6.20 Å². The van der Waals surface area contributed by atoms with E-state index in [1.807, 2.05) is 0 Å². The van der Waals surface area contributed by atoms with Crippen LogP contribution in [0, 0.1) is 5.92 Å². The average molecular weight is 328 g/mol. The molecule has 19 heavy (non-hydrogen) atoms. The minimum absolute atomic E-state index is 0.174. The normalized spacial score (nSPS) is 26.4. The van der Waals surface area contributed by atoms with Crippen LogP contribution < -0.4 is 4.90 Å². The van der Waals surface area contributed by atoms with Gasteiger partial charge in [0.2, 0.25) is 5.95 Å². The maximum Gasteiger partial charge on any atom is 0.407 e. The van der Waals surface area contributed by atoms with Gasteiger partial charge >= 0.3 is 6.09 Å². The van der Waals surface area contributed by atoms with Crippen LogP contribution in [0.25, 0.3) is 0 Å². The van der Waals surface area contributed by atoms with Crippen molar-refractivity contribution in [2.24, 2.45) is 5.92 Å². The lowest BCUT2D eigenvalue weighted by atomic mass is 9.92. The van der Waals surface area contributed by atoms with Crippen LogP contribution in [0.3, 0.4) is 0 Å². The van der Waals surface area contributed by atoms with E-state index in [0.717, 1.165) is 19.4 Å². The summed E-state index contributed by atoms with van der Waals surface area (Å²) in [7, 11) is 0. The van der Waals surface area contributed by atoms with Gasteiger partial charge in [0.1, 0.15) is 4.60 Å². The number of hydrogen-bond donors (Lipinski definition) is 1. The summed E-state index contributed by atoms with van der Waals surface area (Å²) in [5.41, 5.74) is 0. The molecule has 3 rings (SSSR count). The summed E-state index contributed by atoms with van der Waals surface area (Å²) in [5, 5.41) is 17.1. The smallest absolute Gasteiger partial charge is 0.407 e. The van der Waals surface area contributed by atoms with Gasteiger partial charge in [-0.1, -0.05) is 0 Å². The number of rotatable bonds is 1. The molecule has 2 atom stereocenters. The molecule has 2 aliphatic rings. The first-order valence-electron chi connectivity index (χ1n) is 6.25. The van der Waals surface area contributed by atoms with Gasteiger partial charge in [-0.2, -0.15) is 0 Å². The molecule has 2 saturated heterocycles. The third-order valence-corrected chi connectivity index (χ3v) is 4.27. The molecule has 0 radical (unpaired) electrons. The molecule has 8 heteroatoms. The average Bonchev–Trinajstić information content (AvgIpc) is 2.82. The second-order valence-corrected chi connectivity index (χ2v) is 5.72. The Morgan fingerprint density at radius 1 is 1.37 bits per heavy atom. The Labute approximate surface area is 118 Å². The Balaban J connectivity index is 1.80. The number of anilines is 1. The lowest BCUT2D eigenvalue weighted by molar-refractivity contribution is 0.121. The van der Waals surface area contributed by atoms with Crippen LogP contribution in [0.5, 0.6) is 0 Å². The van der Waals surface area contributed by atoms with Crippen molar-refractivity contribution in [2.75, 3.05) is 24.5 Å². The zero-order chi connectivity index (χ0) is 13.4. The molecular weight excluding hydrogens is 314 g/mol. The second-order valence-electron chi connectivity index (χ2n) is 4.91. The number of carbonyl (C=O) groups is 1. The summed E-state index contributed by atoms with van der Waals surface area (Å²) in [6, 6.07) is 0.174. The molecular formula is C11H14BrN5O2. The highest BCUT2D eigenvalue weighted by molar-refractivity contribution is 9.10. The van der Waals surface area contributed by atoms with Crippen LogP contribution in [0.1, 0.15) is 12.8 Å². The zero-order valence-electron chi connectivity index (χ0n) is 10.2. The molecule has 3 heterocycles. The molecule has 1 N–H and O–H groups in total. The third-order valence-electron chi connectivity index (χ3n) is 3.91. The van der Waals surface area contributed by atoms with Crippen LogP contribution in [0.15, 0.2) is 10.8 Å². The van der Waals surface area contributed by atoms with Gasteiger partial charge in [-0.3, -0.25) is 0 Å². The van der Waals surface area contributed by atoms with Gasteiger partial charge in [0, 0.05) is 19.6 Å². The minimum atomic E-state index is -0.847. The van der Waals surface area contributed by atoms with E-state index in [9.17, 15) is 4.79 Å². The number of amides is 1. The van der Waals surface area contributed by atoms with Crippen molar-refractivity contribution in [2.45, 2.75) is 18.9 Å². The number of piperidine rings is 1. The zero-order valence-corrected chi connectivity index (χ0v) is 11.8. The molecule has 2 fully saturated rings. The fourth-order valence-corrected chi connectivity index (χ4v) is 3.13. The second kappa shape index (κ2) is 4.92. The predicted molar refractivity (Wildman–Crippen MR) is 71.0 cm³/mol. The molecule has 0 spiro atoms. The van der Waals surface area contributed by atoms with E-state index in [1.165, 1.54) is 4.90 Å². The highest BCUT2D eigenvalue weighted by Crippen LogP contribution is 2.33. The van der Waals surface area contributed by atoms with Crippen LogP contribution in [0.2, 0.25) is 0 Å². The summed E-state index contributed by atoms with van der Waals surface area (Å²) in [6.07, 6.45) is 2.75. The monoisotopic (exact) mass is 327 g/mol. The van der Waals surface area contributed by atoms with E-state index in [-0.39, 0.29) is 6.04 Å². The molecule has 2 unspecified atom stereocenters. The fourth-order valence-electron chi connectivity index (χ4n) is 2.95. The molecule has 1 amide bonds. The van der Waals surface area contributed by atoms with Gasteiger partial charge in [0.05, 0.1) is 12.2 Å². The van der Waals surface area contributed by atoms with Crippen molar-refractivity contribution < 1.29 is 9.90 Å². The van der Waals surface area contributed by atoms with Crippen molar-refractivity contribution in [1.82, 2.24) is 20.1 Å². The first-order valence-corrected chi connectivity index (χ1v) is 7.04. The Morgan fingerprint density at radius 2 is 2.16 bits per heavy atom. The van der Waals surface area contributed by atoms with E-state index < -0.39 is 6.09 Å². The number of halogens is 1. The maximum atomic E-state index is 11.1. The van der Waals surface area contributed by atoms with Gasteiger partial charge in [0.15, 0.2) is 0 Å². The van der Waals surface area contributed by atoms with E-state index in [0.29, 0.717) is 29.6 Å². The largest absolute Gasteiger partial charge is 0.465 e. The van der Waals surface area contributed by atoms with Crippen molar-refractivity contribution >= 4 is 28.0 Å². The number of likely N-dealkylation sites (tertiary alicyclic amines) is 1. The Morgan fingerprint density at radius 3 is 2.84 bits per heavy atom. The Hall–Kier alpha value is -1.44. The van der Waals surface area contributed by atoms with Crippen LogP contribution in [-0.4, -0.2) is 57.0 Å². The molecule has 1 aromatic rings. The first-order chi connectivity index (χ1) is 9.15. The van der Waals surface area contributed by atoms with Gasteiger partial charge in [0.25, 0.3) is 0 Å². The molecule has 102 valence electrons. The quantitative estimate of drug-likeness (QED) is 0.834. The number of nitrogens with zero attached hydrogens (tertiary/aromatic N) is 5. The van der Waals surface area contributed by atoms with Crippen LogP contribution >= 0.6 is 15.9 Å². The van der Waals surface area contributed by atoms with Crippen molar-refractivity contribution in [1.29, 1.82) is 0 Å². The molecule has 1 aromatic heterocycles. The van der Waals surface area contributed by atoms with Gasteiger partial charge < -0.3 is 14.9 Å². The lowest BCUT2D eigenvalue weighted by Crippen LogP contribution is -2.50. The summed E-state index contributed by atoms with van der Waals surface area (Å²) in [6.45, 7) is 2.02. The number of aromatic nitrogens is 3. The fraction of sp³-hybridized carbons (Fsp3) is 0.636. The first kappa shape index (κ1) is 12.6. The number of carboxylic acid groups (broad SMARTS) is 1. The molecule has 2 aliphatic heterocycles. The van der Waals surface area contributed by atoms with Crippen molar-refractivity contribution in [3.05, 3.63) is 10.8 Å². The summed E-state index contributed by atoms with van der Waals surface area (Å²) in [4.78, 5) is 18.9. The van der Waals surface area contributed by atoms with Crippen LogP contribution in [0.4, 0.5) is 10.7 Å². The maximum absolute atomic E-state index is 11.1. The molecule has 0 saturated carbocycles. The molecule has 0 bridgehead atoms. The SMILES string of the molecule is O=C(O)N1CCC2CCN(c3ncc(Br)nn3)C2C1. The molecule has 0 aliphatic carbocycles. The van der Waals surface area contributed by atoms with Gasteiger partial charge in [-0.15, -0.1) is 10.2 Å². The summed E-state index contributed by atoms with van der Waals surface area (Å²) in [5.74, 6) is 1.12. The highest BCUT2D eigenvalue weighted by Gasteiger charge is 2.40. The standard InChI is InChI=1S/C11H14BrN5O2/c12-9-5-13-10(15-14-9)17-4-2-7-1-3-16(11(18)19)6-8(7)17/h5,7-8H,1-4,6H2,(H,18,19). The minimum Gasteiger partial charge on any atom is -0.465 e. The summed E-state index contributed by atoms with van der Waals surface area (Å²) < 4.78 is 0.600. The molecule has 0 aromatic carbocycles. The topological polar surface area (TPSA) is 82.5 Å². The predicted octanol–water partition coefficient (Wildman–Crippen LogP) is 1.21. The Bertz CT molecular complexity index is 482. The summed E-state index contributed by atoms with van der Waals surface area (Å²) >= 11 is 3.21. The van der Waals surface area contributed by atoms with E-state index in [4.69, 9.17) is 5.11 Å². The van der Waals surface area contributed by atoms with Gasteiger partial charge in [-0.25, -0.2) is 9.78 Å². The van der Waals surface area contributed by atoms with Crippen molar-refractivity contribution in [3.63, 3.8) is 0 Å².